The third kappa shape index (κ3) is 2.88. The van der Waals surface area contributed by atoms with Gasteiger partial charge in [-0.05, 0) is 18.2 Å². The molecule has 0 aliphatic carbocycles. The van der Waals surface area contributed by atoms with E-state index < -0.39 is 5.91 Å². The molecule has 0 radical (unpaired) electrons. The van der Waals surface area contributed by atoms with Crippen LogP contribution in [-0.2, 0) is 0 Å². The van der Waals surface area contributed by atoms with Crippen LogP contribution in [0.3, 0.4) is 0 Å². The van der Waals surface area contributed by atoms with Crippen LogP contribution in [0.15, 0.2) is 30.5 Å². The lowest BCUT2D eigenvalue weighted by Crippen LogP contribution is -2.11. The zero-order chi connectivity index (χ0) is 13.1. The fourth-order valence-electron chi connectivity index (χ4n) is 1.29. The molecule has 0 aliphatic heterocycles. The van der Waals surface area contributed by atoms with Gasteiger partial charge in [-0.3, -0.25) is 4.79 Å². The summed E-state index contributed by atoms with van der Waals surface area (Å²) >= 11 is 11.5. The van der Waals surface area contributed by atoms with Crippen LogP contribution in [0.1, 0.15) is 10.4 Å². The number of halogens is 2. The second-order valence-corrected chi connectivity index (χ2v) is 4.17. The van der Waals surface area contributed by atoms with Crippen molar-refractivity contribution in [3.8, 4) is 0 Å². The van der Waals surface area contributed by atoms with Crippen LogP contribution in [0.4, 0.5) is 11.6 Å². The highest BCUT2D eigenvalue weighted by molar-refractivity contribution is 6.41. The Morgan fingerprint density at radius 3 is 2.78 bits per heavy atom. The van der Waals surface area contributed by atoms with Gasteiger partial charge >= 0.3 is 0 Å². The first-order valence-corrected chi connectivity index (χ1v) is 5.67. The van der Waals surface area contributed by atoms with Crippen molar-refractivity contribution < 1.29 is 4.79 Å². The van der Waals surface area contributed by atoms with E-state index in [1.165, 1.54) is 6.20 Å². The minimum atomic E-state index is -0.506. The molecule has 1 heterocycles. The molecule has 18 heavy (non-hydrogen) atoms. The molecule has 0 bridgehead atoms. The second kappa shape index (κ2) is 5.20. The maximum Gasteiger partial charge on any atom is 0.248 e. The number of benzene rings is 1. The molecule has 1 aromatic heterocycles. The van der Waals surface area contributed by atoms with Gasteiger partial charge in [-0.1, -0.05) is 29.3 Å². The summed E-state index contributed by atoms with van der Waals surface area (Å²) in [6.45, 7) is 0. The number of amides is 1. The molecule has 2 rings (SSSR count). The van der Waals surface area contributed by atoms with Crippen molar-refractivity contribution >= 4 is 40.7 Å². The average Bonchev–Trinajstić information content (AvgIpc) is 2.34. The Labute approximate surface area is 113 Å². The Bertz CT molecular complexity index is 603. The number of rotatable bonds is 3. The fraction of sp³-hybridized carbons (Fsp3) is 0. The van der Waals surface area contributed by atoms with Crippen molar-refractivity contribution in [2.24, 2.45) is 5.73 Å². The number of primary amides is 1. The molecule has 0 saturated heterocycles. The first-order chi connectivity index (χ1) is 8.56. The largest absolute Gasteiger partial charge is 0.366 e. The third-order valence-electron chi connectivity index (χ3n) is 2.10. The molecule has 0 atom stereocenters. The van der Waals surface area contributed by atoms with E-state index in [1.54, 1.807) is 24.3 Å². The number of carbonyl (C=O) groups is 1. The Morgan fingerprint density at radius 1 is 1.33 bits per heavy atom. The Kier molecular flexibility index (Phi) is 3.64. The SMILES string of the molecule is NC(=O)c1cccc(Nc2ncc(Cl)c(Cl)n2)c1. The molecule has 1 amide bonds. The molecule has 0 aliphatic rings. The first-order valence-electron chi connectivity index (χ1n) is 4.91. The zero-order valence-corrected chi connectivity index (χ0v) is 10.5. The van der Waals surface area contributed by atoms with Crippen molar-refractivity contribution in [3.63, 3.8) is 0 Å². The number of hydrogen-bond acceptors (Lipinski definition) is 4. The Hall–Kier alpha value is -1.85. The molecule has 5 nitrogen and oxygen atoms in total. The van der Waals surface area contributed by atoms with E-state index >= 15 is 0 Å². The van der Waals surface area contributed by atoms with E-state index in [2.05, 4.69) is 15.3 Å². The lowest BCUT2D eigenvalue weighted by Gasteiger charge is -2.06. The summed E-state index contributed by atoms with van der Waals surface area (Å²) in [5.74, 6) is -0.222. The van der Waals surface area contributed by atoms with Crippen molar-refractivity contribution in [1.29, 1.82) is 0 Å². The molecular formula is C11H8Cl2N4O. The molecule has 7 heteroatoms. The minimum Gasteiger partial charge on any atom is -0.366 e. The lowest BCUT2D eigenvalue weighted by atomic mass is 10.2. The highest BCUT2D eigenvalue weighted by Crippen LogP contribution is 2.21. The van der Waals surface area contributed by atoms with Crippen LogP contribution in [0.2, 0.25) is 10.2 Å². The van der Waals surface area contributed by atoms with Crippen molar-refractivity contribution in [2.75, 3.05) is 5.32 Å². The molecule has 0 spiro atoms. The van der Waals surface area contributed by atoms with Gasteiger partial charge in [0.1, 0.15) is 0 Å². The Morgan fingerprint density at radius 2 is 2.11 bits per heavy atom. The van der Waals surface area contributed by atoms with E-state index in [9.17, 15) is 4.79 Å². The number of hydrogen-bond donors (Lipinski definition) is 2. The Balaban J connectivity index is 2.25. The molecular weight excluding hydrogens is 275 g/mol. The zero-order valence-electron chi connectivity index (χ0n) is 9.02. The number of nitrogens with zero attached hydrogens (tertiary/aromatic N) is 2. The predicted molar refractivity (Wildman–Crippen MR) is 70.3 cm³/mol. The monoisotopic (exact) mass is 282 g/mol. The first kappa shape index (κ1) is 12.6. The summed E-state index contributed by atoms with van der Waals surface area (Å²) in [5, 5.41) is 3.32. The lowest BCUT2D eigenvalue weighted by molar-refractivity contribution is 0.100. The third-order valence-corrected chi connectivity index (χ3v) is 2.77. The summed E-state index contributed by atoms with van der Waals surface area (Å²) in [5.41, 5.74) is 6.20. The normalized spacial score (nSPS) is 10.1. The highest BCUT2D eigenvalue weighted by atomic mass is 35.5. The van der Waals surface area contributed by atoms with Gasteiger partial charge in [-0.2, -0.15) is 4.98 Å². The molecule has 3 N–H and O–H groups in total. The summed E-state index contributed by atoms with van der Waals surface area (Å²) in [7, 11) is 0. The van der Waals surface area contributed by atoms with Gasteiger partial charge < -0.3 is 11.1 Å². The topological polar surface area (TPSA) is 80.9 Å². The van der Waals surface area contributed by atoms with Gasteiger partial charge in [0.25, 0.3) is 0 Å². The quantitative estimate of drug-likeness (QED) is 0.848. The number of nitrogens with two attached hydrogens (primary N) is 1. The second-order valence-electron chi connectivity index (χ2n) is 3.40. The van der Waals surface area contributed by atoms with Crippen molar-refractivity contribution in [2.45, 2.75) is 0 Å². The van der Waals surface area contributed by atoms with Gasteiger partial charge in [0.15, 0.2) is 5.15 Å². The summed E-state index contributed by atoms with van der Waals surface area (Å²) in [6, 6.07) is 6.65. The maximum absolute atomic E-state index is 11.0. The van der Waals surface area contributed by atoms with Gasteiger partial charge in [-0.15, -0.1) is 0 Å². The van der Waals surface area contributed by atoms with Crippen LogP contribution in [0.25, 0.3) is 0 Å². The number of carbonyl (C=O) groups excluding carboxylic acids is 1. The van der Waals surface area contributed by atoms with Gasteiger partial charge in [0.05, 0.1) is 11.2 Å². The van der Waals surface area contributed by atoms with E-state index in [0.29, 0.717) is 11.3 Å². The number of nitrogens with one attached hydrogen (secondary N) is 1. The van der Waals surface area contributed by atoms with Crippen LogP contribution in [0, 0.1) is 0 Å². The summed E-state index contributed by atoms with van der Waals surface area (Å²) in [6.07, 6.45) is 1.39. The summed E-state index contributed by atoms with van der Waals surface area (Å²) in [4.78, 5) is 18.9. The van der Waals surface area contributed by atoms with E-state index in [4.69, 9.17) is 28.9 Å². The van der Waals surface area contributed by atoms with Crippen LogP contribution in [-0.4, -0.2) is 15.9 Å². The number of anilines is 2. The summed E-state index contributed by atoms with van der Waals surface area (Å²) < 4.78 is 0. The van der Waals surface area contributed by atoms with Crippen molar-refractivity contribution in [3.05, 3.63) is 46.2 Å². The molecule has 2 aromatic rings. The minimum absolute atomic E-state index is 0.153. The molecule has 0 unspecified atom stereocenters. The molecule has 1 aromatic carbocycles. The van der Waals surface area contributed by atoms with Gasteiger partial charge in [-0.25, -0.2) is 4.98 Å². The fourth-order valence-corrected chi connectivity index (χ4v) is 1.51. The van der Waals surface area contributed by atoms with Crippen LogP contribution < -0.4 is 11.1 Å². The highest BCUT2D eigenvalue weighted by Gasteiger charge is 2.05. The van der Waals surface area contributed by atoms with E-state index in [1.807, 2.05) is 0 Å². The predicted octanol–water partition coefficient (Wildman–Crippen LogP) is 2.63. The maximum atomic E-state index is 11.0. The number of aromatic nitrogens is 2. The van der Waals surface area contributed by atoms with E-state index in [0.717, 1.165) is 0 Å². The molecule has 0 fully saturated rings. The van der Waals surface area contributed by atoms with Crippen molar-refractivity contribution in [1.82, 2.24) is 9.97 Å². The van der Waals surface area contributed by atoms with Gasteiger partial charge in [0, 0.05) is 11.3 Å². The van der Waals surface area contributed by atoms with Crippen LogP contribution >= 0.6 is 23.2 Å². The van der Waals surface area contributed by atoms with Gasteiger partial charge in [0.2, 0.25) is 11.9 Å². The molecule has 0 saturated carbocycles. The van der Waals surface area contributed by atoms with Crippen LogP contribution in [0.5, 0.6) is 0 Å². The standard InChI is InChI=1S/C11H8Cl2N4O/c12-8-5-15-11(17-9(8)13)16-7-3-1-2-6(4-7)10(14)18/h1-5H,(H2,14,18)(H,15,16,17). The van der Waals surface area contributed by atoms with E-state index in [-0.39, 0.29) is 16.1 Å². The average molecular weight is 283 g/mol. The molecule has 92 valence electrons. The smallest absolute Gasteiger partial charge is 0.248 e.